The number of carbonyl (C=O) groups excluding carboxylic acids is 1. The molecule has 4 heteroatoms. The summed E-state index contributed by atoms with van der Waals surface area (Å²) in [7, 11) is 0. The second kappa shape index (κ2) is 4.25. The second-order valence-electron chi connectivity index (χ2n) is 3.77. The highest BCUT2D eigenvalue weighted by molar-refractivity contribution is 6.14. The third-order valence-electron chi connectivity index (χ3n) is 2.55. The van der Waals surface area contributed by atoms with Gasteiger partial charge in [-0.3, -0.25) is 15.1 Å². The van der Waals surface area contributed by atoms with Gasteiger partial charge in [-0.15, -0.1) is 0 Å². The molecule has 4 nitrogen and oxygen atoms in total. The van der Waals surface area contributed by atoms with E-state index in [4.69, 9.17) is 11.1 Å². The van der Waals surface area contributed by atoms with Crippen molar-refractivity contribution in [3.05, 3.63) is 42.5 Å². The maximum Gasteiger partial charge on any atom is 0.230 e. The van der Waals surface area contributed by atoms with E-state index in [1.165, 1.54) is 11.8 Å². The van der Waals surface area contributed by atoms with Crippen LogP contribution in [0.3, 0.4) is 0 Å². The lowest BCUT2D eigenvalue weighted by molar-refractivity contribution is -0.115. The van der Waals surface area contributed by atoms with Gasteiger partial charge in [0.1, 0.15) is 0 Å². The van der Waals surface area contributed by atoms with E-state index in [2.05, 4.69) is 0 Å². The van der Waals surface area contributed by atoms with Crippen molar-refractivity contribution in [2.45, 2.75) is 6.92 Å². The Morgan fingerprint density at radius 3 is 2.41 bits per heavy atom. The fraction of sp³-hybridized carbons (Fsp3) is 0.0769. The summed E-state index contributed by atoms with van der Waals surface area (Å²) >= 11 is 0. The number of hydrogen-bond acceptors (Lipinski definition) is 2. The van der Waals surface area contributed by atoms with Gasteiger partial charge in [0.05, 0.1) is 5.69 Å². The van der Waals surface area contributed by atoms with Crippen molar-refractivity contribution in [1.29, 1.82) is 5.41 Å². The molecule has 0 fully saturated rings. The Hall–Kier alpha value is -2.36. The van der Waals surface area contributed by atoms with Crippen LogP contribution in [0.5, 0.6) is 0 Å². The van der Waals surface area contributed by atoms with E-state index in [9.17, 15) is 4.79 Å². The molecule has 0 radical (unpaired) electrons. The van der Waals surface area contributed by atoms with E-state index in [-0.39, 0.29) is 11.9 Å². The largest absolute Gasteiger partial charge is 0.369 e. The zero-order valence-corrected chi connectivity index (χ0v) is 9.47. The number of rotatable bonds is 1. The molecule has 2 rings (SSSR count). The molecule has 0 aliphatic carbocycles. The monoisotopic (exact) mass is 227 g/mol. The van der Waals surface area contributed by atoms with E-state index >= 15 is 0 Å². The number of nitrogens with zero attached hydrogens (tertiary/aromatic N) is 1. The highest BCUT2D eigenvalue weighted by Crippen LogP contribution is 2.21. The Balaban J connectivity index is 2.55. The third-order valence-corrected chi connectivity index (χ3v) is 2.55. The number of fused-ring (bicyclic) bond motifs is 1. The molecule has 0 unspecified atom stereocenters. The predicted octanol–water partition coefficient (Wildman–Crippen LogP) is 2.09. The van der Waals surface area contributed by atoms with Crippen molar-refractivity contribution >= 4 is 28.3 Å². The fourth-order valence-corrected chi connectivity index (χ4v) is 1.81. The number of carbonyl (C=O) groups is 1. The van der Waals surface area contributed by atoms with Crippen LogP contribution in [0.2, 0.25) is 0 Å². The van der Waals surface area contributed by atoms with Gasteiger partial charge in [0.2, 0.25) is 5.91 Å². The first kappa shape index (κ1) is 11.1. The Kier molecular flexibility index (Phi) is 2.78. The van der Waals surface area contributed by atoms with Crippen LogP contribution in [-0.4, -0.2) is 11.9 Å². The van der Waals surface area contributed by atoms with Crippen molar-refractivity contribution in [3.8, 4) is 0 Å². The molecule has 2 aromatic rings. The number of hydrogen-bond donors (Lipinski definition) is 2. The molecule has 2 aromatic carbocycles. The van der Waals surface area contributed by atoms with Crippen LogP contribution < -0.4 is 10.6 Å². The van der Waals surface area contributed by atoms with Crippen molar-refractivity contribution < 1.29 is 4.79 Å². The third kappa shape index (κ3) is 2.10. The molecule has 0 aliphatic rings. The van der Waals surface area contributed by atoms with Crippen LogP contribution in [0.15, 0.2) is 42.5 Å². The summed E-state index contributed by atoms with van der Waals surface area (Å²) in [5.74, 6) is -0.541. The molecule has 0 heterocycles. The first-order valence-electron chi connectivity index (χ1n) is 5.23. The first-order chi connectivity index (χ1) is 8.09. The number of amides is 1. The zero-order valence-electron chi connectivity index (χ0n) is 9.47. The van der Waals surface area contributed by atoms with Crippen molar-refractivity contribution in [2.75, 3.05) is 4.90 Å². The second-order valence-corrected chi connectivity index (χ2v) is 3.77. The van der Waals surface area contributed by atoms with Gasteiger partial charge < -0.3 is 5.73 Å². The van der Waals surface area contributed by atoms with E-state index in [1.807, 2.05) is 36.4 Å². The summed E-state index contributed by atoms with van der Waals surface area (Å²) in [5, 5.41) is 9.51. The van der Waals surface area contributed by atoms with Crippen molar-refractivity contribution in [2.24, 2.45) is 5.73 Å². The lowest BCUT2D eigenvalue weighted by atomic mass is 10.1. The molecule has 3 N–H and O–H groups in total. The summed E-state index contributed by atoms with van der Waals surface area (Å²) in [6.07, 6.45) is 0. The van der Waals surface area contributed by atoms with Crippen LogP contribution >= 0.6 is 0 Å². The Bertz CT molecular complexity index is 578. The molecular formula is C13H13N3O. The molecule has 1 amide bonds. The average Bonchev–Trinajstić information content (AvgIpc) is 2.28. The maximum atomic E-state index is 11.4. The maximum absolute atomic E-state index is 11.4. The van der Waals surface area contributed by atoms with Crippen LogP contribution in [0.4, 0.5) is 5.69 Å². The number of nitrogens with one attached hydrogen (secondary N) is 1. The Morgan fingerprint density at radius 1 is 1.18 bits per heavy atom. The van der Waals surface area contributed by atoms with E-state index in [0.717, 1.165) is 10.8 Å². The summed E-state index contributed by atoms with van der Waals surface area (Å²) in [6.45, 7) is 1.39. The van der Waals surface area contributed by atoms with Gasteiger partial charge in [-0.2, -0.15) is 0 Å². The predicted molar refractivity (Wildman–Crippen MR) is 69.0 cm³/mol. The van der Waals surface area contributed by atoms with Gasteiger partial charge in [0.15, 0.2) is 5.96 Å². The fourth-order valence-electron chi connectivity index (χ4n) is 1.81. The van der Waals surface area contributed by atoms with Crippen LogP contribution in [0.25, 0.3) is 10.8 Å². The summed E-state index contributed by atoms with van der Waals surface area (Å²) in [4.78, 5) is 12.6. The normalized spacial score (nSPS) is 10.2. The first-order valence-corrected chi connectivity index (χ1v) is 5.23. The summed E-state index contributed by atoms with van der Waals surface area (Å²) in [6, 6.07) is 13.4. The number of anilines is 1. The average molecular weight is 227 g/mol. The molecule has 17 heavy (non-hydrogen) atoms. The molecule has 0 spiro atoms. The highest BCUT2D eigenvalue weighted by atomic mass is 16.2. The number of benzene rings is 2. The SMILES string of the molecule is CC(=O)N(C(=N)N)c1ccc2ccccc2c1. The number of nitrogens with two attached hydrogens (primary N) is 1. The Labute approximate surface area is 99.2 Å². The highest BCUT2D eigenvalue weighted by Gasteiger charge is 2.14. The lowest BCUT2D eigenvalue weighted by Crippen LogP contribution is -2.39. The summed E-state index contributed by atoms with van der Waals surface area (Å²) in [5.41, 5.74) is 6.02. The van der Waals surface area contributed by atoms with Crippen LogP contribution in [-0.2, 0) is 4.79 Å². The molecule has 0 aromatic heterocycles. The van der Waals surface area contributed by atoms with Gasteiger partial charge in [-0.1, -0.05) is 30.3 Å². The van der Waals surface area contributed by atoms with Gasteiger partial charge in [0.25, 0.3) is 0 Å². The van der Waals surface area contributed by atoms with Crippen molar-refractivity contribution in [3.63, 3.8) is 0 Å². The molecule has 0 saturated carbocycles. The van der Waals surface area contributed by atoms with Crippen LogP contribution in [0, 0.1) is 5.41 Å². The minimum atomic E-state index is -0.271. The Morgan fingerprint density at radius 2 is 1.82 bits per heavy atom. The van der Waals surface area contributed by atoms with E-state index in [0.29, 0.717) is 5.69 Å². The van der Waals surface area contributed by atoms with Gasteiger partial charge >= 0.3 is 0 Å². The molecule has 86 valence electrons. The van der Waals surface area contributed by atoms with Crippen LogP contribution in [0.1, 0.15) is 6.92 Å². The topological polar surface area (TPSA) is 70.2 Å². The lowest BCUT2D eigenvalue weighted by Gasteiger charge is -2.19. The zero-order chi connectivity index (χ0) is 12.4. The van der Waals surface area contributed by atoms with E-state index in [1.54, 1.807) is 6.07 Å². The standard InChI is InChI=1S/C13H13N3O/c1-9(17)16(13(14)15)12-7-6-10-4-2-3-5-11(10)8-12/h2-8H,1H3,(H3,14,15). The molecular weight excluding hydrogens is 214 g/mol. The summed E-state index contributed by atoms with van der Waals surface area (Å²) < 4.78 is 0. The minimum Gasteiger partial charge on any atom is -0.369 e. The molecule has 0 bridgehead atoms. The van der Waals surface area contributed by atoms with Crippen molar-refractivity contribution in [1.82, 2.24) is 0 Å². The minimum absolute atomic E-state index is 0.271. The van der Waals surface area contributed by atoms with Gasteiger partial charge in [-0.25, -0.2) is 0 Å². The quantitative estimate of drug-likeness (QED) is 0.578. The molecule has 0 saturated heterocycles. The van der Waals surface area contributed by atoms with E-state index < -0.39 is 0 Å². The van der Waals surface area contributed by atoms with Gasteiger partial charge in [0, 0.05) is 6.92 Å². The smallest absolute Gasteiger partial charge is 0.230 e. The molecule has 0 atom stereocenters. The molecule has 0 aliphatic heterocycles. The number of guanidine groups is 1. The van der Waals surface area contributed by atoms with Gasteiger partial charge in [-0.05, 0) is 22.9 Å².